The van der Waals surface area contributed by atoms with E-state index in [2.05, 4.69) is 27.2 Å². The van der Waals surface area contributed by atoms with Gasteiger partial charge >= 0.3 is 6.09 Å². The maximum absolute atomic E-state index is 15.1. The third-order valence-corrected chi connectivity index (χ3v) is 16.8. The molecule has 2 aromatic rings. The van der Waals surface area contributed by atoms with Gasteiger partial charge in [-0.25, -0.2) is 13.2 Å². The predicted octanol–water partition coefficient (Wildman–Crippen LogP) is 4.21. The number of anilines is 1. The van der Waals surface area contributed by atoms with Gasteiger partial charge in [0.15, 0.2) is 0 Å². The van der Waals surface area contributed by atoms with Gasteiger partial charge in [0.1, 0.15) is 41.4 Å². The quantitative estimate of drug-likeness (QED) is 0.305. The van der Waals surface area contributed by atoms with Crippen LogP contribution in [0.3, 0.4) is 0 Å². The molecule has 2 saturated heterocycles. The number of ether oxygens (including phenoxy) is 4. The first kappa shape index (κ1) is 42.7. The Bertz CT molecular complexity index is 2240. The number of benzene rings is 1. The van der Waals surface area contributed by atoms with Crippen LogP contribution in [0.1, 0.15) is 85.0 Å². The average molecular weight is 877 g/mol. The Hall–Kier alpha value is -4.64. The number of amides is 4. The molecule has 1 aromatic carbocycles. The number of allylic oxidation sites excluding steroid dienone is 1. The zero-order valence-electron chi connectivity index (χ0n) is 36.1. The fourth-order valence-corrected chi connectivity index (χ4v) is 11.5. The molecule has 1 aromatic heterocycles. The summed E-state index contributed by atoms with van der Waals surface area (Å²) >= 11 is 0. The highest BCUT2D eigenvalue weighted by Crippen LogP contribution is 2.52. The molecule has 17 heteroatoms. The third-order valence-electron chi connectivity index (χ3n) is 14.6. The maximum atomic E-state index is 15.1. The van der Waals surface area contributed by atoms with Crippen molar-refractivity contribution in [2.24, 2.45) is 29.6 Å². The van der Waals surface area contributed by atoms with Crippen LogP contribution in [0.2, 0.25) is 0 Å². The fraction of sp³-hybridized carbons (Fsp3) is 0.667. The van der Waals surface area contributed by atoms with E-state index in [4.69, 9.17) is 23.9 Å². The topological polar surface area (TPSA) is 195 Å². The number of rotatable bonds is 9. The van der Waals surface area contributed by atoms with Crippen molar-refractivity contribution in [3.05, 3.63) is 36.4 Å². The molecule has 6 fully saturated rings. The van der Waals surface area contributed by atoms with Gasteiger partial charge in [-0.3, -0.25) is 19.1 Å². The number of methoxy groups -OCH3 is 1. The summed E-state index contributed by atoms with van der Waals surface area (Å²) in [6, 6.07) is 5.42. The van der Waals surface area contributed by atoms with Crippen LogP contribution in [0.15, 0.2) is 36.4 Å². The molecule has 9 rings (SSSR count). The molecule has 4 heterocycles. The molecule has 3 N–H and O–H groups in total. The third kappa shape index (κ3) is 8.55. The first-order valence-electron chi connectivity index (χ1n) is 22.5. The number of alkyl carbamates (subject to hydrolysis) is 1. The van der Waals surface area contributed by atoms with Crippen LogP contribution >= 0.6 is 0 Å². The van der Waals surface area contributed by atoms with Gasteiger partial charge in [-0.05, 0) is 118 Å². The maximum Gasteiger partial charge on any atom is 0.408 e. The Balaban J connectivity index is 1.04. The van der Waals surface area contributed by atoms with Gasteiger partial charge in [0.2, 0.25) is 27.7 Å². The molecule has 336 valence electrons. The van der Waals surface area contributed by atoms with Crippen LogP contribution < -0.4 is 29.7 Å². The van der Waals surface area contributed by atoms with Gasteiger partial charge in [0.25, 0.3) is 5.91 Å². The fourth-order valence-electron chi connectivity index (χ4n) is 10.2. The largest absolute Gasteiger partial charge is 0.497 e. The Morgan fingerprint density at radius 1 is 1.00 bits per heavy atom. The van der Waals surface area contributed by atoms with Crippen LogP contribution in [-0.2, 0) is 33.9 Å². The van der Waals surface area contributed by atoms with E-state index in [1.807, 2.05) is 43.3 Å². The summed E-state index contributed by atoms with van der Waals surface area (Å²) in [6.07, 6.45) is 8.30. The highest BCUT2D eigenvalue weighted by atomic mass is 32.2. The molecule has 3 aliphatic heterocycles. The lowest BCUT2D eigenvalue weighted by Crippen LogP contribution is -2.59. The summed E-state index contributed by atoms with van der Waals surface area (Å²) in [5.41, 5.74) is -1.54. The van der Waals surface area contributed by atoms with E-state index >= 15 is 4.79 Å². The van der Waals surface area contributed by atoms with E-state index in [-0.39, 0.29) is 37.3 Å². The number of sulfonamides is 1. The van der Waals surface area contributed by atoms with Crippen LogP contribution in [-0.4, -0.2) is 117 Å². The molecule has 16 nitrogen and oxygen atoms in total. The number of carbonyl (C=O) groups is 4. The Morgan fingerprint density at radius 2 is 1.76 bits per heavy atom. The molecule has 0 radical (unpaired) electrons. The number of carbonyl (C=O) groups excluding carboxylic acids is 4. The zero-order chi connectivity index (χ0) is 43.6. The summed E-state index contributed by atoms with van der Waals surface area (Å²) in [5.74, 6) is 0.376. The zero-order valence-corrected chi connectivity index (χ0v) is 36.9. The first-order chi connectivity index (χ1) is 29.6. The number of fused-ring (bicyclic) bond motifs is 4. The summed E-state index contributed by atoms with van der Waals surface area (Å²) < 4.78 is 51.7. The second-order valence-electron chi connectivity index (χ2n) is 19.3. The molecule has 10 atom stereocenters. The molecule has 62 heavy (non-hydrogen) atoms. The highest BCUT2D eigenvalue weighted by molar-refractivity contribution is 7.91. The van der Waals surface area contributed by atoms with Gasteiger partial charge in [-0.15, -0.1) is 0 Å². The molecular weight excluding hydrogens is 817 g/mol. The van der Waals surface area contributed by atoms with Crippen molar-refractivity contribution in [2.45, 2.75) is 120 Å². The van der Waals surface area contributed by atoms with Gasteiger partial charge in [-0.2, -0.15) is 4.98 Å². The standard InChI is InChI=1S/C45H60N6O10S/c1-26-7-5-6-8-31-24-45(31,42(54)49-62(56,57)44(3)11-12-44)48-39(52)36-23-34(25-51(36)41(53)38(27(2)17-26)47-43(55)61-33-19-28-18-29(28)20-33)60-40-35-10-9-32(58-4)21-30(35)22-37(46-40)50-13-15-59-16-14-50/h6,8-10,21-22,26-29,31,33-34,36,38H,5,7,11-20,23-25H2,1-4H3,(H,47,55)(H,48,52)(H,49,54)/b8-6-/t26-,27+,28-,29+,31+,33?,34+,36-,38-,45+/m0/s1. The SMILES string of the molecule is COc1ccc2c(O[C@@H]3C[C@H]4C(=O)N[C@]5(C(=O)NS(=O)(=O)C6(C)CC6)C[C@H]5/C=C\CC[C@H](C)C[C@@H](C)[C@H](NC(=O)OC5C[C@@H]6C[C@@H]6C5)C(=O)N4C3)nc(N3CCOCC3)cc2c1. The molecule has 1 unspecified atom stereocenters. The summed E-state index contributed by atoms with van der Waals surface area (Å²) in [5, 5.41) is 7.44. The number of hydrogen-bond acceptors (Lipinski definition) is 12. The Labute approximate surface area is 363 Å². The lowest BCUT2D eigenvalue weighted by Gasteiger charge is -2.33. The Morgan fingerprint density at radius 3 is 2.48 bits per heavy atom. The van der Waals surface area contributed by atoms with Crippen LogP contribution in [0.4, 0.5) is 10.6 Å². The van der Waals surface area contributed by atoms with Crippen molar-refractivity contribution in [1.82, 2.24) is 25.2 Å². The second kappa shape index (κ2) is 16.5. The molecule has 4 saturated carbocycles. The van der Waals surface area contributed by atoms with E-state index in [9.17, 15) is 22.8 Å². The Kier molecular flexibility index (Phi) is 11.3. The van der Waals surface area contributed by atoms with Gasteiger partial charge in [-0.1, -0.05) is 26.0 Å². The van der Waals surface area contributed by atoms with Gasteiger partial charge in [0, 0.05) is 30.8 Å². The van der Waals surface area contributed by atoms with E-state index in [1.54, 1.807) is 14.0 Å². The van der Waals surface area contributed by atoms with Gasteiger partial charge in [0.05, 0.1) is 31.6 Å². The average Bonchev–Trinajstić information content (AvgIpc) is 4.21. The number of morpholine rings is 1. The minimum absolute atomic E-state index is 0.0191. The molecule has 4 aliphatic carbocycles. The minimum Gasteiger partial charge on any atom is -0.497 e. The molecule has 4 amide bonds. The monoisotopic (exact) mass is 876 g/mol. The van der Waals surface area contributed by atoms with Crippen molar-refractivity contribution < 1.29 is 46.5 Å². The summed E-state index contributed by atoms with van der Waals surface area (Å²) in [7, 11) is -2.41. The summed E-state index contributed by atoms with van der Waals surface area (Å²) in [6.45, 7) is 8.00. The lowest BCUT2D eigenvalue weighted by atomic mass is 9.88. The van der Waals surface area contributed by atoms with Crippen molar-refractivity contribution in [1.29, 1.82) is 0 Å². The van der Waals surface area contributed by atoms with Crippen LogP contribution in [0.25, 0.3) is 10.8 Å². The number of hydrogen-bond donors (Lipinski definition) is 3. The molecule has 0 spiro atoms. The van der Waals surface area contributed by atoms with Crippen molar-refractivity contribution in [3.63, 3.8) is 0 Å². The van der Waals surface area contributed by atoms with Crippen LogP contribution in [0.5, 0.6) is 11.6 Å². The number of aromatic nitrogens is 1. The number of nitrogens with zero attached hydrogens (tertiary/aromatic N) is 3. The van der Waals surface area contributed by atoms with E-state index in [0.29, 0.717) is 86.7 Å². The first-order valence-corrected chi connectivity index (χ1v) is 23.9. The van der Waals surface area contributed by atoms with E-state index < -0.39 is 68.2 Å². The van der Waals surface area contributed by atoms with E-state index in [0.717, 1.165) is 24.6 Å². The highest BCUT2D eigenvalue weighted by Gasteiger charge is 2.63. The van der Waals surface area contributed by atoms with Crippen LogP contribution in [0, 0.1) is 29.6 Å². The number of nitrogens with one attached hydrogen (secondary N) is 3. The molecular formula is C45H60N6O10S. The minimum atomic E-state index is -4.01. The summed E-state index contributed by atoms with van der Waals surface area (Å²) in [4.78, 5) is 66.1. The smallest absolute Gasteiger partial charge is 0.408 e. The lowest BCUT2D eigenvalue weighted by molar-refractivity contribution is -0.142. The number of pyridine rings is 1. The predicted molar refractivity (Wildman–Crippen MR) is 229 cm³/mol. The van der Waals surface area contributed by atoms with E-state index in [1.165, 1.54) is 11.3 Å². The second-order valence-corrected chi connectivity index (χ2v) is 21.5. The van der Waals surface area contributed by atoms with Crippen molar-refractivity contribution >= 4 is 50.4 Å². The molecule has 0 bridgehead atoms. The van der Waals surface area contributed by atoms with Gasteiger partial charge < -0.3 is 39.4 Å². The van der Waals surface area contributed by atoms with Crippen molar-refractivity contribution in [3.8, 4) is 11.6 Å². The molecule has 7 aliphatic rings. The van der Waals surface area contributed by atoms with Crippen molar-refractivity contribution in [2.75, 3.05) is 44.9 Å². The normalized spacial score (nSPS) is 34.6.